The number of benzene rings is 2. The number of amides is 3. The van der Waals surface area contributed by atoms with Crippen LogP contribution in [0.25, 0.3) is 10.9 Å². The first-order valence-electron chi connectivity index (χ1n) is 15.0. The normalized spacial score (nSPS) is 13.3. The van der Waals surface area contributed by atoms with Crippen molar-refractivity contribution in [1.29, 1.82) is 0 Å². The number of carbonyl (C=O) groups excluding carboxylic acids is 4. The molecule has 1 aromatic heterocycles. The second-order valence-corrected chi connectivity index (χ2v) is 12.2. The Balaban J connectivity index is 1.90. The average molecular weight is 637 g/mol. The Morgan fingerprint density at radius 1 is 0.913 bits per heavy atom. The zero-order valence-electron chi connectivity index (χ0n) is 27.2. The van der Waals surface area contributed by atoms with E-state index in [0.29, 0.717) is 5.56 Å². The monoisotopic (exact) mass is 636 g/mol. The molecule has 0 unspecified atom stereocenters. The number of carbonyl (C=O) groups is 4. The van der Waals surface area contributed by atoms with Crippen LogP contribution in [0.5, 0.6) is 0 Å². The highest BCUT2D eigenvalue weighted by Gasteiger charge is 2.33. The number of para-hydroxylation sites is 1. The van der Waals surface area contributed by atoms with Gasteiger partial charge in [-0.1, -0.05) is 69.0 Å². The maximum atomic E-state index is 13.8. The van der Waals surface area contributed by atoms with Crippen molar-refractivity contribution in [2.45, 2.75) is 77.8 Å². The van der Waals surface area contributed by atoms with Gasteiger partial charge in [0.2, 0.25) is 11.8 Å². The lowest BCUT2D eigenvalue weighted by atomic mass is 10.00. The fourth-order valence-electron chi connectivity index (χ4n) is 4.79. The van der Waals surface area contributed by atoms with Gasteiger partial charge in [-0.25, -0.2) is 4.79 Å². The number of hydrogen-bond acceptors (Lipinski definition) is 8. The molecule has 1 heterocycles. The van der Waals surface area contributed by atoms with Crippen LogP contribution >= 0.6 is 0 Å². The molecule has 2 aromatic carbocycles. The fourth-order valence-corrected chi connectivity index (χ4v) is 4.79. The molecule has 0 aliphatic carbocycles. The summed E-state index contributed by atoms with van der Waals surface area (Å²) in [5, 5.41) is 18.8. The fraction of sp³-hybridized carbons (Fsp3) is 0.412. The summed E-state index contributed by atoms with van der Waals surface area (Å²) < 4.78 is 12.2. The second kappa shape index (κ2) is 15.8. The summed E-state index contributed by atoms with van der Waals surface area (Å²) >= 11 is 0. The molecule has 0 aliphatic heterocycles. The molecular weight excluding hydrogens is 592 g/mol. The number of hydrogen-bond donors (Lipinski definition) is 4. The van der Waals surface area contributed by atoms with E-state index in [2.05, 4.69) is 22.5 Å². The van der Waals surface area contributed by atoms with Crippen molar-refractivity contribution in [3.63, 3.8) is 0 Å². The summed E-state index contributed by atoms with van der Waals surface area (Å²) in [5.41, 5.74) is 1.31. The van der Waals surface area contributed by atoms with Gasteiger partial charge in [0.1, 0.15) is 37.2 Å². The summed E-state index contributed by atoms with van der Waals surface area (Å²) in [7, 11) is 1.51. The van der Waals surface area contributed by atoms with Crippen LogP contribution in [-0.4, -0.2) is 64.6 Å². The number of aliphatic hydroxyl groups is 1. The Morgan fingerprint density at radius 2 is 1.54 bits per heavy atom. The molecule has 0 aliphatic rings. The molecule has 3 rings (SSSR count). The number of aliphatic hydroxyl groups excluding tert-OH is 1. The summed E-state index contributed by atoms with van der Waals surface area (Å²) in [6, 6.07) is 12.9. The highest BCUT2D eigenvalue weighted by molar-refractivity contribution is 5.94. The average Bonchev–Trinajstić information content (AvgIpc) is 3.34. The molecule has 248 valence electrons. The molecule has 0 saturated carbocycles. The van der Waals surface area contributed by atoms with E-state index in [1.807, 2.05) is 30.3 Å². The maximum Gasteiger partial charge on any atom is 0.408 e. The van der Waals surface area contributed by atoms with Gasteiger partial charge >= 0.3 is 12.1 Å². The molecule has 12 nitrogen and oxygen atoms in total. The van der Waals surface area contributed by atoms with Gasteiger partial charge in [-0.2, -0.15) is 4.73 Å². The number of esters is 1. The SMILES string of the molecule is C=C(O)[C@@H](NC(=O)[C@H](Cc1cn(OC)c2ccccc12)NC(=O)[C@H](CC(=O)OC(C)(C)C)NC(=O)OCc1ccccc1)C(C)C. The number of nitrogens with one attached hydrogen (secondary N) is 3. The Hall–Kier alpha value is -5.00. The third-order valence-corrected chi connectivity index (χ3v) is 6.95. The standard InChI is InChI=1S/C34H44N4O8/c1-21(2)30(22(3)39)37-32(42)26(17-24-19-38(44-7)28-16-12-11-15-25(24)28)35-31(41)27(18-29(40)46-34(4,5)6)36-33(43)45-20-23-13-9-8-10-14-23/h8-16,19,21,26-27,30,39H,3,17-18,20H2,1-2,4-7H3,(H,35,41)(H,36,43)(H,37,42)/t26-,27-,30-/m0/s1. The first-order chi connectivity index (χ1) is 21.7. The summed E-state index contributed by atoms with van der Waals surface area (Å²) in [4.78, 5) is 58.5. The summed E-state index contributed by atoms with van der Waals surface area (Å²) in [6.45, 7) is 12.1. The number of ether oxygens (including phenoxy) is 2. The number of fused-ring (bicyclic) bond motifs is 1. The van der Waals surface area contributed by atoms with Crippen molar-refractivity contribution in [3.05, 3.63) is 84.3 Å². The van der Waals surface area contributed by atoms with Gasteiger partial charge in [-0.05, 0) is 43.9 Å². The molecule has 0 fully saturated rings. The third-order valence-electron chi connectivity index (χ3n) is 6.95. The summed E-state index contributed by atoms with van der Waals surface area (Å²) in [5.74, 6) is -2.62. The largest absolute Gasteiger partial charge is 0.511 e. The zero-order valence-corrected chi connectivity index (χ0v) is 27.2. The number of alkyl carbamates (subject to hydrolysis) is 1. The smallest absolute Gasteiger partial charge is 0.408 e. The molecule has 4 N–H and O–H groups in total. The van der Waals surface area contributed by atoms with Gasteiger partial charge in [0, 0.05) is 18.0 Å². The van der Waals surface area contributed by atoms with Gasteiger partial charge in [0.15, 0.2) is 0 Å². The molecule has 3 aromatic rings. The number of rotatable bonds is 14. The summed E-state index contributed by atoms with van der Waals surface area (Å²) in [6.07, 6.45) is 0.255. The quantitative estimate of drug-likeness (QED) is 0.153. The van der Waals surface area contributed by atoms with E-state index in [9.17, 15) is 24.3 Å². The van der Waals surface area contributed by atoms with Crippen LogP contribution in [0.1, 0.15) is 52.2 Å². The molecular formula is C34H44N4O8. The van der Waals surface area contributed by atoms with E-state index in [0.717, 1.165) is 16.5 Å². The number of aromatic nitrogens is 1. The van der Waals surface area contributed by atoms with E-state index < -0.39 is 54.0 Å². The molecule has 3 atom stereocenters. The van der Waals surface area contributed by atoms with Crippen molar-refractivity contribution in [2.75, 3.05) is 7.11 Å². The first-order valence-corrected chi connectivity index (χ1v) is 15.0. The highest BCUT2D eigenvalue weighted by atomic mass is 16.6. The van der Waals surface area contributed by atoms with Crippen LogP contribution in [0, 0.1) is 5.92 Å². The lowest BCUT2D eigenvalue weighted by Gasteiger charge is -2.27. The van der Waals surface area contributed by atoms with Gasteiger partial charge in [0.05, 0.1) is 18.0 Å². The molecule has 0 radical (unpaired) electrons. The van der Waals surface area contributed by atoms with Crippen LogP contribution < -0.4 is 20.8 Å². The third kappa shape index (κ3) is 10.3. The minimum Gasteiger partial charge on any atom is -0.511 e. The van der Waals surface area contributed by atoms with Crippen molar-refractivity contribution in [3.8, 4) is 0 Å². The molecule has 0 bridgehead atoms. The van der Waals surface area contributed by atoms with Crippen LogP contribution in [0.3, 0.4) is 0 Å². The lowest BCUT2D eigenvalue weighted by Crippen LogP contribution is -2.56. The van der Waals surface area contributed by atoms with Crippen LogP contribution in [0.2, 0.25) is 0 Å². The van der Waals surface area contributed by atoms with Gasteiger partial charge in [-0.3, -0.25) is 14.4 Å². The zero-order chi connectivity index (χ0) is 34.0. The Bertz CT molecular complexity index is 1530. The van der Waals surface area contributed by atoms with Crippen molar-refractivity contribution < 1.29 is 38.6 Å². The van der Waals surface area contributed by atoms with Crippen LogP contribution in [0.4, 0.5) is 4.79 Å². The minimum absolute atomic E-state index is 0.00871. The minimum atomic E-state index is -1.44. The van der Waals surface area contributed by atoms with Crippen molar-refractivity contribution in [1.82, 2.24) is 20.7 Å². The molecule has 46 heavy (non-hydrogen) atoms. The highest BCUT2D eigenvalue weighted by Crippen LogP contribution is 2.22. The second-order valence-electron chi connectivity index (χ2n) is 12.2. The Morgan fingerprint density at radius 3 is 2.15 bits per heavy atom. The van der Waals surface area contributed by atoms with Crippen molar-refractivity contribution in [2.24, 2.45) is 5.92 Å². The van der Waals surface area contributed by atoms with E-state index in [-0.39, 0.29) is 24.7 Å². The van der Waals surface area contributed by atoms with Gasteiger partial charge in [-0.15, -0.1) is 0 Å². The molecule has 0 spiro atoms. The van der Waals surface area contributed by atoms with E-state index in [4.69, 9.17) is 14.3 Å². The molecule has 12 heteroatoms. The van der Waals surface area contributed by atoms with E-state index in [1.54, 1.807) is 69.8 Å². The van der Waals surface area contributed by atoms with Gasteiger partial charge < -0.3 is 35.4 Å². The first kappa shape index (κ1) is 35.5. The lowest BCUT2D eigenvalue weighted by molar-refractivity contribution is -0.156. The van der Waals surface area contributed by atoms with E-state index in [1.165, 1.54) is 7.11 Å². The van der Waals surface area contributed by atoms with Crippen LogP contribution in [-0.2, 0) is 36.9 Å². The molecule has 0 saturated heterocycles. The predicted molar refractivity (Wildman–Crippen MR) is 173 cm³/mol. The topological polar surface area (TPSA) is 157 Å². The van der Waals surface area contributed by atoms with Crippen LogP contribution in [0.15, 0.2) is 73.1 Å². The van der Waals surface area contributed by atoms with Crippen molar-refractivity contribution >= 4 is 34.8 Å². The van der Waals surface area contributed by atoms with Gasteiger partial charge in [0.25, 0.3) is 0 Å². The molecule has 3 amide bonds. The Kier molecular flexibility index (Phi) is 12.2. The number of nitrogens with zero attached hydrogens (tertiary/aromatic N) is 1. The predicted octanol–water partition coefficient (Wildman–Crippen LogP) is 3.97. The Labute approximate surface area is 269 Å². The van der Waals surface area contributed by atoms with E-state index >= 15 is 0 Å². The maximum absolute atomic E-state index is 13.8.